The third-order valence-electron chi connectivity index (χ3n) is 3.65. The summed E-state index contributed by atoms with van der Waals surface area (Å²) in [5.41, 5.74) is 4.89. The van der Waals surface area contributed by atoms with Gasteiger partial charge in [0.1, 0.15) is 0 Å². The van der Waals surface area contributed by atoms with E-state index in [0.29, 0.717) is 0 Å². The summed E-state index contributed by atoms with van der Waals surface area (Å²) in [5.74, 6) is 0. The molecule has 0 saturated carbocycles. The van der Waals surface area contributed by atoms with Crippen molar-refractivity contribution in [2.75, 3.05) is 7.11 Å². The standard InChI is InChI=1S/C20H18O/c1-15-7-8-18-14-19(10-9-17(18)13-15)20-6-4-3-5-16(20)11-12-21-2/h3-14H,1-2H3. The molecule has 0 aliphatic carbocycles. The van der Waals surface area contributed by atoms with Crippen LogP contribution < -0.4 is 0 Å². The number of benzene rings is 3. The van der Waals surface area contributed by atoms with E-state index in [1.165, 1.54) is 27.5 Å². The highest BCUT2D eigenvalue weighted by Gasteiger charge is 2.03. The fourth-order valence-corrected chi connectivity index (χ4v) is 2.58. The van der Waals surface area contributed by atoms with Crippen LogP contribution in [0.5, 0.6) is 0 Å². The van der Waals surface area contributed by atoms with E-state index in [0.717, 1.165) is 5.56 Å². The zero-order chi connectivity index (χ0) is 14.7. The van der Waals surface area contributed by atoms with Gasteiger partial charge in [0.25, 0.3) is 0 Å². The summed E-state index contributed by atoms with van der Waals surface area (Å²) in [6, 6.07) is 21.5. The van der Waals surface area contributed by atoms with Crippen molar-refractivity contribution < 1.29 is 4.74 Å². The molecule has 0 aliphatic rings. The first-order valence-electron chi connectivity index (χ1n) is 7.07. The van der Waals surface area contributed by atoms with E-state index in [9.17, 15) is 0 Å². The van der Waals surface area contributed by atoms with Crippen molar-refractivity contribution in [1.82, 2.24) is 0 Å². The number of ether oxygens (including phenoxy) is 1. The zero-order valence-corrected chi connectivity index (χ0v) is 12.3. The van der Waals surface area contributed by atoms with Gasteiger partial charge in [-0.25, -0.2) is 0 Å². The molecule has 0 N–H and O–H groups in total. The van der Waals surface area contributed by atoms with E-state index >= 15 is 0 Å². The van der Waals surface area contributed by atoms with Gasteiger partial charge in [0.05, 0.1) is 13.4 Å². The Morgan fingerprint density at radius 2 is 1.62 bits per heavy atom. The number of hydrogen-bond donors (Lipinski definition) is 0. The van der Waals surface area contributed by atoms with Gasteiger partial charge in [-0.2, -0.15) is 0 Å². The lowest BCUT2D eigenvalue weighted by molar-refractivity contribution is 0.341. The lowest BCUT2D eigenvalue weighted by Crippen LogP contribution is -1.84. The predicted molar refractivity (Wildman–Crippen MR) is 90.2 cm³/mol. The Kier molecular flexibility index (Phi) is 3.74. The van der Waals surface area contributed by atoms with Gasteiger partial charge >= 0.3 is 0 Å². The minimum Gasteiger partial charge on any atom is -0.504 e. The third kappa shape index (κ3) is 2.82. The Labute approximate surface area is 125 Å². The van der Waals surface area contributed by atoms with E-state index in [2.05, 4.69) is 61.5 Å². The average Bonchev–Trinajstić information content (AvgIpc) is 2.52. The molecule has 1 heteroatoms. The average molecular weight is 274 g/mol. The van der Waals surface area contributed by atoms with Crippen molar-refractivity contribution in [1.29, 1.82) is 0 Å². The van der Waals surface area contributed by atoms with E-state index < -0.39 is 0 Å². The molecule has 0 bridgehead atoms. The number of hydrogen-bond acceptors (Lipinski definition) is 1. The summed E-state index contributed by atoms with van der Waals surface area (Å²) in [5, 5.41) is 2.55. The summed E-state index contributed by atoms with van der Waals surface area (Å²) in [6.07, 6.45) is 3.71. The van der Waals surface area contributed by atoms with Gasteiger partial charge in [0.2, 0.25) is 0 Å². The molecule has 0 aromatic heterocycles. The molecule has 0 heterocycles. The molecule has 0 amide bonds. The van der Waals surface area contributed by atoms with E-state index in [1.54, 1.807) is 13.4 Å². The predicted octanol–water partition coefficient (Wildman–Crippen LogP) is 5.43. The normalized spacial score (nSPS) is 11.1. The molecule has 0 spiro atoms. The monoisotopic (exact) mass is 274 g/mol. The molecular weight excluding hydrogens is 256 g/mol. The van der Waals surface area contributed by atoms with E-state index in [4.69, 9.17) is 4.74 Å². The minimum atomic E-state index is 1.16. The molecule has 3 aromatic carbocycles. The van der Waals surface area contributed by atoms with Crippen LogP contribution >= 0.6 is 0 Å². The lowest BCUT2D eigenvalue weighted by Gasteiger charge is -2.08. The summed E-state index contributed by atoms with van der Waals surface area (Å²) in [6.45, 7) is 2.12. The van der Waals surface area contributed by atoms with E-state index in [1.807, 2.05) is 12.1 Å². The van der Waals surface area contributed by atoms with Crippen molar-refractivity contribution in [3.63, 3.8) is 0 Å². The first kappa shape index (κ1) is 13.4. The third-order valence-corrected chi connectivity index (χ3v) is 3.65. The summed E-state index contributed by atoms with van der Waals surface area (Å²) in [7, 11) is 1.66. The van der Waals surface area contributed by atoms with Gasteiger partial charge in [-0.3, -0.25) is 0 Å². The Hall–Kier alpha value is -2.54. The number of rotatable bonds is 3. The molecule has 1 nitrogen and oxygen atoms in total. The highest BCUT2D eigenvalue weighted by Crippen LogP contribution is 2.28. The quantitative estimate of drug-likeness (QED) is 0.578. The topological polar surface area (TPSA) is 9.23 Å². The fourth-order valence-electron chi connectivity index (χ4n) is 2.58. The largest absolute Gasteiger partial charge is 0.504 e. The number of fused-ring (bicyclic) bond motifs is 1. The summed E-state index contributed by atoms with van der Waals surface area (Å²) in [4.78, 5) is 0. The highest BCUT2D eigenvalue weighted by atomic mass is 16.5. The zero-order valence-electron chi connectivity index (χ0n) is 12.3. The Morgan fingerprint density at radius 1 is 0.857 bits per heavy atom. The Balaban J connectivity index is 2.12. The SMILES string of the molecule is COC=Cc1ccccc1-c1ccc2cc(C)ccc2c1. The Morgan fingerprint density at radius 3 is 2.48 bits per heavy atom. The van der Waals surface area contributed by atoms with E-state index in [-0.39, 0.29) is 0 Å². The molecule has 104 valence electrons. The highest BCUT2D eigenvalue weighted by molar-refractivity contribution is 5.89. The van der Waals surface area contributed by atoms with Crippen LogP contribution in [-0.2, 0) is 4.74 Å². The maximum absolute atomic E-state index is 5.04. The van der Waals surface area contributed by atoms with Crippen molar-refractivity contribution in [2.24, 2.45) is 0 Å². The van der Waals surface area contributed by atoms with Gasteiger partial charge in [-0.15, -0.1) is 0 Å². The molecule has 3 rings (SSSR count). The van der Waals surface area contributed by atoms with Crippen molar-refractivity contribution in [3.8, 4) is 11.1 Å². The maximum atomic E-state index is 5.04. The number of aryl methyl sites for hydroxylation is 1. The van der Waals surface area contributed by atoms with Crippen LogP contribution in [0, 0.1) is 6.92 Å². The van der Waals surface area contributed by atoms with Gasteiger partial charge in [0.15, 0.2) is 0 Å². The molecule has 0 saturated heterocycles. The maximum Gasteiger partial charge on any atom is 0.0830 e. The summed E-state index contributed by atoms with van der Waals surface area (Å²) < 4.78 is 5.04. The minimum absolute atomic E-state index is 1.16. The second-order valence-corrected chi connectivity index (χ2v) is 5.19. The number of methoxy groups -OCH3 is 1. The van der Waals surface area contributed by atoms with Crippen molar-refractivity contribution >= 4 is 16.8 Å². The first-order chi connectivity index (χ1) is 10.3. The fraction of sp³-hybridized carbons (Fsp3) is 0.100. The molecule has 0 radical (unpaired) electrons. The van der Waals surface area contributed by atoms with Crippen LogP contribution in [-0.4, -0.2) is 7.11 Å². The van der Waals surface area contributed by atoms with Gasteiger partial charge in [0, 0.05) is 0 Å². The Bertz CT molecular complexity index is 800. The first-order valence-corrected chi connectivity index (χ1v) is 7.07. The van der Waals surface area contributed by atoms with Crippen LogP contribution in [0.1, 0.15) is 11.1 Å². The molecule has 0 atom stereocenters. The van der Waals surface area contributed by atoms with Crippen LogP contribution in [0.4, 0.5) is 0 Å². The van der Waals surface area contributed by atoms with Gasteiger partial charge in [-0.05, 0) is 46.5 Å². The molecule has 3 aromatic rings. The molecular formula is C20H18O. The van der Waals surface area contributed by atoms with Crippen LogP contribution in [0.3, 0.4) is 0 Å². The smallest absolute Gasteiger partial charge is 0.0830 e. The molecule has 0 unspecified atom stereocenters. The van der Waals surface area contributed by atoms with Gasteiger partial charge < -0.3 is 4.74 Å². The summed E-state index contributed by atoms with van der Waals surface area (Å²) >= 11 is 0. The van der Waals surface area contributed by atoms with Crippen LogP contribution in [0.15, 0.2) is 66.9 Å². The lowest BCUT2D eigenvalue weighted by atomic mass is 9.96. The van der Waals surface area contributed by atoms with Crippen LogP contribution in [0.2, 0.25) is 0 Å². The van der Waals surface area contributed by atoms with Crippen LogP contribution in [0.25, 0.3) is 28.0 Å². The second kappa shape index (κ2) is 5.84. The molecule has 0 aliphatic heterocycles. The van der Waals surface area contributed by atoms with Crippen molar-refractivity contribution in [2.45, 2.75) is 6.92 Å². The second-order valence-electron chi connectivity index (χ2n) is 5.19. The van der Waals surface area contributed by atoms with Crippen molar-refractivity contribution in [3.05, 3.63) is 78.1 Å². The molecule has 0 fully saturated rings. The molecule has 21 heavy (non-hydrogen) atoms. The van der Waals surface area contributed by atoms with Gasteiger partial charge in [-0.1, -0.05) is 60.2 Å².